The minimum Gasteiger partial charge on any atom is -0.357 e. The molecule has 0 fully saturated rings. The van der Waals surface area contributed by atoms with Gasteiger partial charge in [-0.1, -0.05) is 0 Å². The van der Waals surface area contributed by atoms with Crippen LogP contribution in [0.1, 0.15) is 13.3 Å². The first-order valence-electron chi connectivity index (χ1n) is 6.34. The Morgan fingerprint density at radius 1 is 1.40 bits per heavy atom. The van der Waals surface area contributed by atoms with Crippen molar-refractivity contribution < 1.29 is 0 Å². The Hall–Kier alpha value is -2.69. The SMILES string of the molecule is CCN(CCC#N)c1nc(NC)nc(-n2cccn2)n1. The highest BCUT2D eigenvalue weighted by Gasteiger charge is 2.12. The van der Waals surface area contributed by atoms with E-state index in [0.29, 0.717) is 37.4 Å². The maximum atomic E-state index is 8.71. The van der Waals surface area contributed by atoms with E-state index in [0.717, 1.165) is 0 Å². The highest BCUT2D eigenvalue weighted by atomic mass is 15.4. The van der Waals surface area contributed by atoms with Crippen LogP contribution in [0, 0.1) is 11.3 Å². The number of rotatable bonds is 6. The summed E-state index contributed by atoms with van der Waals surface area (Å²) in [7, 11) is 1.75. The van der Waals surface area contributed by atoms with Crippen molar-refractivity contribution in [2.24, 2.45) is 0 Å². The molecular weight excluding hydrogens is 256 g/mol. The molecule has 8 heteroatoms. The van der Waals surface area contributed by atoms with E-state index in [9.17, 15) is 0 Å². The van der Waals surface area contributed by atoms with Crippen molar-refractivity contribution in [1.82, 2.24) is 24.7 Å². The average Bonchev–Trinajstić information content (AvgIpc) is 3.02. The number of aromatic nitrogens is 5. The van der Waals surface area contributed by atoms with Gasteiger partial charge in [-0.15, -0.1) is 0 Å². The standard InChI is InChI=1S/C12H16N8/c1-3-19(8-4-6-13)11-16-10(14-2)17-12(18-11)20-9-5-7-15-20/h5,7,9H,3-4,8H2,1-2H3,(H,14,16,17,18). The Morgan fingerprint density at radius 3 is 2.85 bits per heavy atom. The first kappa shape index (κ1) is 13.7. The fourth-order valence-electron chi connectivity index (χ4n) is 1.68. The number of nitrogens with zero attached hydrogens (tertiary/aromatic N) is 7. The van der Waals surface area contributed by atoms with Crippen LogP contribution in [0.3, 0.4) is 0 Å². The number of hydrogen-bond donors (Lipinski definition) is 1. The summed E-state index contributed by atoms with van der Waals surface area (Å²) >= 11 is 0. The van der Waals surface area contributed by atoms with E-state index in [1.165, 1.54) is 0 Å². The predicted molar refractivity (Wildman–Crippen MR) is 74.6 cm³/mol. The molecule has 0 bridgehead atoms. The summed E-state index contributed by atoms with van der Waals surface area (Å²) in [5.74, 6) is 1.45. The molecule has 104 valence electrons. The normalized spacial score (nSPS) is 10.1. The lowest BCUT2D eigenvalue weighted by Crippen LogP contribution is -2.27. The molecule has 0 aliphatic heterocycles. The van der Waals surface area contributed by atoms with E-state index in [1.807, 2.05) is 11.8 Å². The first-order chi connectivity index (χ1) is 9.78. The van der Waals surface area contributed by atoms with Crippen LogP contribution in [0.5, 0.6) is 0 Å². The molecule has 0 unspecified atom stereocenters. The third-order valence-electron chi connectivity index (χ3n) is 2.70. The fourth-order valence-corrected chi connectivity index (χ4v) is 1.68. The Morgan fingerprint density at radius 2 is 2.25 bits per heavy atom. The first-order valence-corrected chi connectivity index (χ1v) is 6.34. The van der Waals surface area contributed by atoms with Gasteiger partial charge in [-0.2, -0.15) is 25.3 Å². The topological polar surface area (TPSA) is 95.6 Å². The van der Waals surface area contributed by atoms with Crippen LogP contribution in [0.4, 0.5) is 11.9 Å². The molecule has 0 aliphatic carbocycles. The summed E-state index contributed by atoms with van der Waals surface area (Å²) in [6.07, 6.45) is 3.85. The third kappa shape index (κ3) is 3.00. The number of nitrogens with one attached hydrogen (secondary N) is 1. The predicted octanol–water partition coefficient (Wildman–Crippen LogP) is 0.839. The lowest BCUT2D eigenvalue weighted by atomic mass is 10.4. The molecule has 2 heterocycles. The molecule has 1 N–H and O–H groups in total. The van der Waals surface area contributed by atoms with Crippen molar-refractivity contribution in [2.45, 2.75) is 13.3 Å². The summed E-state index contributed by atoms with van der Waals surface area (Å²) in [4.78, 5) is 14.9. The number of anilines is 2. The monoisotopic (exact) mass is 272 g/mol. The largest absolute Gasteiger partial charge is 0.357 e. The molecule has 0 spiro atoms. The van der Waals surface area contributed by atoms with E-state index in [4.69, 9.17) is 5.26 Å². The van der Waals surface area contributed by atoms with Gasteiger partial charge in [0.1, 0.15) is 0 Å². The van der Waals surface area contributed by atoms with Crippen molar-refractivity contribution in [3.8, 4) is 12.0 Å². The quantitative estimate of drug-likeness (QED) is 0.832. The molecule has 0 radical (unpaired) electrons. The molecule has 0 saturated carbocycles. The fraction of sp³-hybridized carbons (Fsp3) is 0.417. The van der Waals surface area contributed by atoms with E-state index in [-0.39, 0.29) is 0 Å². The number of nitriles is 1. The lowest BCUT2D eigenvalue weighted by molar-refractivity contribution is 0.751. The van der Waals surface area contributed by atoms with Gasteiger partial charge in [-0.05, 0) is 13.0 Å². The molecule has 0 saturated heterocycles. The molecule has 20 heavy (non-hydrogen) atoms. The van der Waals surface area contributed by atoms with Gasteiger partial charge in [0, 0.05) is 32.5 Å². The maximum Gasteiger partial charge on any atom is 0.257 e. The zero-order valence-electron chi connectivity index (χ0n) is 11.5. The molecule has 8 nitrogen and oxygen atoms in total. The average molecular weight is 272 g/mol. The maximum absolute atomic E-state index is 8.71. The molecular formula is C12H16N8. The van der Waals surface area contributed by atoms with E-state index < -0.39 is 0 Å². The Labute approximate surface area is 117 Å². The summed E-state index contributed by atoms with van der Waals surface area (Å²) < 4.78 is 1.57. The van der Waals surface area contributed by atoms with Crippen LogP contribution in [0.15, 0.2) is 18.5 Å². The van der Waals surface area contributed by atoms with Crippen molar-refractivity contribution in [1.29, 1.82) is 5.26 Å². The van der Waals surface area contributed by atoms with Crippen molar-refractivity contribution in [3.63, 3.8) is 0 Å². The summed E-state index contributed by atoms with van der Waals surface area (Å²) in [5.41, 5.74) is 0. The van der Waals surface area contributed by atoms with Gasteiger partial charge in [0.2, 0.25) is 11.9 Å². The van der Waals surface area contributed by atoms with Crippen LogP contribution >= 0.6 is 0 Å². The minimum atomic E-state index is 0.422. The second kappa shape index (κ2) is 6.47. The Balaban J connectivity index is 2.37. The highest BCUT2D eigenvalue weighted by molar-refractivity contribution is 5.39. The van der Waals surface area contributed by atoms with Crippen LogP contribution in [0.25, 0.3) is 5.95 Å². The molecule has 2 aromatic rings. The van der Waals surface area contributed by atoms with E-state index in [2.05, 4.69) is 31.4 Å². The smallest absolute Gasteiger partial charge is 0.257 e. The molecule has 2 rings (SSSR count). The Kier molecular flexibility index (Phi) is 4.44. The minimum absolute atomic E-state index is 0.422. The van der Waals surface area contributed by atoms with Crippen LogP contribution < -0.4 is 10.2 Å². The third-order valence-corrected chi connectivity index (χ3v) is 2.70. The summed E-state index contributed by atoms with van der Waals surface area (Å²) in [6.45, 7) is 3.29. The molecule has 0 atom stereocenters. The highest BCUT2D eigenvalue weighted by Crippen LogP contribution is 2.13. The van der Waals surface area contributed by atoms with Gasteiger partial charge in [0.05, 0.1) is 12.5 Å². The van der Waals surface area contributed by atoms with Gasteiger partial charge in [0.15, 0.2) is 0 Å². The molecule has 0 amide bonds. The molecule has 2 aromatic heterocycles. The van der Waals surface area contributed by atoms with Gasteiger partial charge >= 0.3 is 0 Å². The zero-order chi connectivity index (χ0) is 14.4. The summed E-state index contributed by atoms with van der Waals surface area (Å²) in [5, 5.41) is 15.7. The second-order valence-corrected chi connectivity index (χ2v) is 3.95. The van der Waals surface area contributed by atoms with Gasteiger partial charge < -0.3 is 10.2 Å². The molecule has 0 aliphatic rings. The zero-order valence-corrected chi connectivity index (χ0v) is 11.5. The van der Waals surface area contributed by atoms with Gasteiger partial charge in [-0.3, -0.25) is 0 Å². The lowest BCUT2D eigenvalue weighted by Gasteiger charge is -2.20. The van der Waals surface area contributed by atoms with Gasteiger partial charge in [-0.25, -0.2) is 4.68 Å². The van der Waals surface area contributed by atoms with Crippen molar-refractivity contribution in [3.05, 3.63) is 18.5 Å². The summed E-state index contributed by atoms with van der Waals surface area (Å²) in [6, 6.07) is 3.93. The van der Waals surface area contributed by atoms with Crippen LogP contribution in [-0.4, -0.2) is 44.9 Å². The van der Waals surface area contributed by atoms with E-state index in [1.54, 1.807) is 30.2 Å². The van der Waals surface area contributed by atoms with Crippen molar-refractivity contribution >= 4 is 11.9 Å². The van der Waals surface area contributed by atoms with Crippen molar-refractivity contribution in [2.75, 3.05) is 30.4 Å². The van der Waals surface area contributed by atoms with E-state index >= 15 is 0 Å². The second-order valence-electron chi connectivity index (χ2n) is 3.95. The Bertz CT molecular complexity index is 586. The van der Waals surface area contributed by atoms with Gasteiger partial charge in [0.25, 0.3) is 5.95 Å². The van der Waals surface area contributed by atoms with Crippen LogP contribution in [-0.2, 0) is 0 Å². The van der Waals surface area contributed by atoms with Crippen LogP contribution in [0.2, 0.25) is 0 Å². The number of hydrogen-bond acceptors (Lipinski definition) is 7. The molecule has 0 aromatic carbocycles.